The van der Waals surface area contributed by atoms with Crippen molar-refractivity contribution in [2.75, 3.05) is 19.8 Å². The zero-order valence-corrected chi connectivity index (χ0v) is 10.1. The van der Waals surface area contributed by atoms with Gasteiger partial charge in [0.2, 0.25) is 0 Å². The van der Waals surface area contributed by atoms with E-state index < -0.39 is 5.97 Å². The summed E-state index contributed by atoms with van der Waals surface area (Å²) in [5.41, 5.74) is 5.35. The van der Waals surface area contributed by atoms with Crippen LogP contribution < -0.4 is 10.5 Å². The Kier molecular flexibility index (Phi) is 6.46. The van der Waals surface area contributed by atoms with E-state index in [0.717, 1.165) is 29.1 Å². The second-order valence-corrected chi connectivity index (χ2v) is 4.08. The van der Waals surface area contributed by atoms with Crippen LogP contribution >= 0.6 is 12.0 Å². The Balaban J connectivity index is 2.31. The highest BCUT2D eigenvalue weighted by Crippen LogP contribution is 2.22. The third kappa shape index (κ3) is 6.15. The molecule has 94 valence electrons. The van der Waals surface area contributed by atoms with E-state index in [4.69, 9.17) is 19.8 Å². The molecule has 0 aliphatic heterocycles. The monoisotopic (exact) mass is 257 g/mol. The van der Waals surface area contributed by atoms with Crippen molar-refractivity contribution in [3.8, 4) is 5.75 Å². The van der Waals surface area contributed by atoms with E-state index in [2.05, 4.69) is 0 Å². The molecule has 1 aromatic rings. The van der Waals surface area contributed by atoms with Crippen molar-refractivity contribution in [1.82, 2.24) is 0 Å². The van der Waals surface area contributed by atoms with Gasteiger partial charge in [0.1, 0.15) is 5.75 Å². The first-order valence-corrected chi connectivity index (χ1v) is 5.90. The van der Waals surface area contributed by atoms with Crippen molar-refractivity contribution in [2.24, 2.45) is 5.73 Å². The first-order valence-electron chi connectivity index (χ1n) is 5.16. The first-order chi connectivity index (χ1) is 8.22. The number of carbonyl (C=O) groups is 1. The Bertz CT molecular complexity index is 342. The van der Waals surface area contributed by atoms with E-state index in [1.807, 2.05) is 24.3 Å². The summed E-state index contributed by atoms with van der Waals surface area (Å²) in [6.07, 6.45) is 0.818. The number of rotatable bonds is 8. The van der Waals surface area contributed by atoms with Crippen molar-refractivity contribution in [1.29, 1.82) is 0 Å². The summed E-state index contributed by atoms with van der Waals surface area (Å²) in [6.45, 7) is 0.884. The van der Waals surface area contributed by atoms with Crippen molar-refractivity contribution in [2.45, 2.75) is 11.3 Å². The predicted octanol–water partition coefficient (Wildman–Crippen LogP) is 1.52. The molecule has 0 aliphatic carbocycles. The maximum Gasteiger partial charge on any atom is 0.331 e. The van der Waals surface area contributed by atoms with E-state index in [9.17, 15) is 4.79 Å². The molecule has 0 fully saturated rings. The summed E-state index contributed by atoms with van der Waals surface area (Å²) in [7, 11) is 0. The highest BCUT2D eigenvalue weighted by Gasteiger charge is 2.00. The predicted molar refractivity (Wildman–Crippen MR) is 65.1 cm³/mol. The van der Waals surface area contributed by atoms with Gasteiger partial charge >= 0.3 is 5.97 Å². The molecule has 5 nitrogen and oxygen atoms in total. The Morgan fingerprint density at radius 1 is 1.35 bits per heavy atom. The number of nitrogens with two attached hydrogens (primary N) is 1. The Labute approximate surface area is 104 Å². The molecular weight excluding hydrogens is 242 g/mol. The van der Waals surface area contributed by atoms with Gasteiger partial charge in [-0.3, -0.25) is 4.18 Å². The van der Waals surface area contributed by atoms with Crippen LogP contribution in [0.3, 0.4) is 0 Å². The van der Waals surface area contributed by atoms with Gasteiger partial charge in [-0.2, -0.15) is 0 Å². The summed E-state index contributed by atoms with van der Waals surface area (Å²) in [5.74, 6) is -0.222. The molecule has 0 atom stereocenters. The lowest BCUT2D eigenvalue weighted by molar-refractivity contribution is -0.138. The molecule has 0 spiro atoms. The van der Waals surface area contributed by atoms with Crippen molar-refractivity contribution >= 4 is 18.0 Å². The molecule has 0 saturated heterocycles. The zero-order chi connectivity index (χ0) is 12.5. The number of benzene rings is 1. The van der Waals surface area contributed by atoms with E-state index in [0.29, 0.717) is 13.2 Å². The van der Waals surface area contributed by atoms with Gasteiger partial charge in [0.05, 0.1) is 6.61 Å². The molecule has 0 radical (unpaired) electrons. The fraction of sp³-hybridized carbons (Fsp3) is 0.364. The van der Waals surface area contributed by atoms with Crippen LogP contribution in [-0.4, -0.2) is 30.8 Å². The quantitative estimate of drug-likeness (QED) is 0.543. The van der Waals surface area contributed by atoms with Crippen molar-refractivity contribution in [3.05, 3.63) is 24.3 Å². The van der Waals surface area contributed by atoms with Gasteiger partial charge in [-0.1, -0.05) is 0 Å². The summed E-state index contributed by atoms with van der Waals surface area (Å²) >= 11 is 1.03. The normalized spacial score (nSPS) is 10.2. The van der Waals surface area contributed by atoms with Gasteiger partial charge < -0.3 is 15.6 Å². The molecule has 6 heteroatoms. The number of hydrogen-bond acceptors (Lipinski definition) is 5. The summed E-state index contributed by atoms with van der Waals surface area (Å²) < 4.78 is 10.3. The zero-order valence-electron chi connectivity index (χ0n) is 9.30. The van der Waals surface area contributed by atoms with Crippen molar-refractivity contribution < 1.29 is 18.8 Å². The molecule has 0 heterocycles. The maximum absolute atomic E-state index is 10.2. The van der Waals surface area contributed by atoms with E-state index >= 15 is 0 Å². The Hall–Kier alpha value is -1.24. The Morgan fingerprint density at radius 2 is 2.06 bits per heavy atom. The van der Waals surface area contributed by atoms with Crippen LogP contribution in [0.25, 0.3) is 0 Å². The van der Waals surface area contributed by atoms with Gasteiger partial charge in [0.25, 0.3) is 0 Å². The molecule has 1 rings (SSSR count). The summed E-state index contributed by atoms with van der Waals surface area (Å²) in [5, 5.41) is 8.39. The van der Waals surface area contributed by atoms with Gasteiger partial charge in [-0.05, 0) is 37.2 Å². The summed E-state index contributed by atoms with van der Waals surface area (Å²) in [4.78, 5) is 11.1. The topological polar surface area (TPSA) is 81.8 Å². The standard InChI is InChI=1S/C11H15NO4S/c12-6-1-7-15-9-2-4-10(5-3-9)17-16-8-11(13)14/h2-5H,1,6-8,12H2,(H,13,14). The molecule has 0 amide bonds. The highest BCUT2D eigenvalue weighted by atomic mass is 32.2. The average Bonchev–Trinajstić information content (AvgIpc) is 2.31. The maximum atomic E-state index is 10.2. The van der Waals surface area contributed by atoms with Crippen LogP contribution in [-0.2, 0) is 8.98 Å². The molecule has 17 heavy (non-hydrogen) atoms. The fourth-order valence-corrected chi connectivity index (χ4v) is 1.56. The van der Waals surface area contributed by atoms with E-state index in [1.165, 1.54) is 0 Å². The molecule has 0 aliphatic rings. The van der Waals surface area contributed by atoms with Gasteiger partial charge in [-0.25, -0.2) is 4.79 Å². The second kappa shape index (κ2) is 7.94. The average molecular weight is 257 g/mol. The fourth-order valence-electron chi connectivity index (χ4n) is 1.01. The van der Waals surface area contributed by atoms with Crippen LogP contribution in [0.2, 0.25) is 0 Å². The third-order valence-corrected chi connectivity index (χ3v) is 2.48. The minimum Gasteiger partial charge on any atom is -0.494 e. The van der Waals surface area contributed by atoms with Crippen LogP contribution in [0.5, 0.6) is 5.75 Å². The molecule has 0 aromatic heterocycles. The minimum atomic E-state index is -0.987. The van der Waals surface area contributed by atoms with Crippen molar-refractivity contribution in [3.63, 3.8) is 0 Å². The van der Waals surface area contributed by atoms with Gasteiger partial charge in [-0.15, -0.1) is 0 Å². The Morgan fingerprint density at radius 3 is 2.65 bits per heavy atom. The van der Waals surface area contributed by atoms with Gasteiger partial charge in [0, 0.05) is 16.9 Å². The number of carboxylic acid groups (broad SMARTS) is 1. The summed E-state index contributed by atoms with van der Waals surface area (Å²) in [6, 6.07) is 7.24. The minimum absolute atomic E-state index is 0.320. The number of ether oxygens (including phenoxy) is 1. The third-order valence-electron chi connectivity index (χ3n) is 1.78. The second-order valence-electron chi connectivity index (χ2n) is 3.20. The van der Waals surface area contributed by atoms with E-state index in [-0.39, 0.29) is 6.61 Å². The van der Waals surface area contributed by atoms with Crippen LogP contribution in [0.15, 0.2) is 29.2 Å². The van der Waals surface area contributed by atoms with Gasteiger partial charge in [0.15, 0.2) is 6.61 Å². The van der Waals surface area contributed by atoms with Crippen LogP contribution in [0.4, 0.5) is 0 Å². The first kappa shape index (κ1) is 13.8. The number of carboxylic acids is 1. The molecule has 0 bridgehead atoms. The molecule has 1 aromatic carbocycles. The largest absolute Gasteiger partial charge is 0.494 e. The molecule has 0 unspecified atom stereocenters. The molecule has 3 N–H and O–H groups in total. The number of aliphatic carboxylic acids is 1. The smallest absolute Gasteiger partial charge is 0.331 e. The van der Waals surface area contributed by atoms with Crippen LogP contribution in [0.1, 0.15) is 6.42 Å². The lowest BCUT2D eigenvalue weighted by atomic mass is 10.3. The molecule has 0 saturated carbocycles. The lowest BCUT2D eigenvalue weighted by Crippen LogP contribution is -2.05. The van der Waals surface area contributed by atoms with E-state index in [1.54, 1.807) is 0 Å². The molecular formula is C11H15NO4S. The lowest BCUT2D eigenvalue weighted by Gasteiger charge is -2.05. The highest BCUT2D eigenvalue weighted by molar-refractivity contribution is 7.94. The van der Waals surface area contributed by atoms with Crippen LogP contribution in [0, 0.1) is 0 Å². The SMILES string of the molecule is NCCCOc1ccc(SOCC(=O)O)cc1. The number of hydrogen-bond donors (Lipinski definition) is 2.